The van der Waals surface area contributed by atoms with Crippen LogP contribution in [0.25, 0.3) is 5.65 Å². The van der Waals surface area contributed by atoms with E-state index in [1.165, 1.54) is 10.6 Å². The standard InChI is InChI=1S/C29H32F4N6O/c1-34-28(40)19-9-10-22(20(15-19)18-7-8-18)35-12-3-5-24-26(16-29(31,32)33)39-13-4-6-25(27(39)37-24)36-23-11-14-38(2)17-21(23)30/h4,6,9-10,13,15,18,21,23,35-36H,7-8,11-12,14,16-17H2,1-2H3,(H,34,40)/t21-,23+/m0/s1. The Bertz CT molecular complexity index is 1450. The molecule has 1 aliphatic carbocycles. The summed E-state index contributed by atoms with van der Waals surface area (Å²) in [6.45, 7) is 1.19. The summed E-state index contributed by atoms with van der Waals surface area (Å²) < 4.78 is 56.7. The Labute approximate surface area is 230 Å². The Morgan fingerprint density at radius 1 is 1.18 bits per heavy atom. The van der Waals surface area contributed by atoms with Gasteiger partial charge in [-0.3, -0.25) is 4.79 Å². The maximum atomic E-state index is 14.7. The predicted octanol–water partition coefficient (Wildman–Crippen LogP) is 4.59. The highest BCUT2D eigenvalue weighted by Gasteiger charge is 2.33. The largest absolute Gasteiger partial charge is 0.394 e. The van der Waals surface area contributed by atoms with Gasteiger partial charge in [-0.25, -0.2) is 9.37 Å². The summed E-state index contributed by atoms with van der Waals surface area (Å²) in [5.41, 5.74) is 3.18. The second kappa shape index (κ2) is 11.4. The van der Waals surface area contributed by atoms with Gasteiger partial charge in [-0.15, -0.1) is 0 Å². The van der Waals surface area contributed by atoms with Crippen LogP contribution in [0.3, 0.4) is 0 Å². The van der Waals surface area contributed by atoms with E-state index in [1.54, 1.807) is 25.2 Å². The van der Waals surface area contributed by atoms with Gasteiger partial charge in [-0.1, -0.05) is 5.92 Å². The molecule has 2 aromatic heterocycles. The Morgan fingerprint density at radius 2 is 1.98 bits per heavy atom. The van der Waals surface area contributed by atoms with Gasteiger partial charge in [-0.05, 0) is 74.0 Å². The highest BCUT2D eigenvalue weighted by molar-refractivity contribution is 5.94. The number of carbonyl (C=O) groups excluding carboxylic acids is 1. The molecule has 1 amide bonds. The molecule has 7 nitrogen and oxygen atoms in total. The third-order valence-corrected chi connectivity index (χ3v) is 7.33. The number of halogens is 4. The van der Waals surface area contributed by atoms with Gasteiger partial charge in [0.15, 0.2) is 5.65 Å². The number of alkyl halides is 4. The molecule has 1 saturated heterocycles. The van der Waals surface area contributed by atoms with Gasteiger partial charge in [-0.2, -0.15) is 13.2 Å². The third-order valence-electron chi connectivity index (χ3n) is 7.33. The van der Waals surface area contributed by atoms with Gasteiger partial charge >= 0.3 is 6.18 Å². The van der Waals surface area contributed by atoms with Crippen molar-refractivity contribution in [2.24, 2.45) is 0 Å². The predicted molar refractivity (Wildman–Crippen MR) is 147 cm³/mol. The van der Waals surface area contributed by atoms with Crippen LogP contribution in [0.2, 0.25) is 0 Å². The van der Waals surface area contributed by atoms with Crippen LogP contribution in [-0.4, -0.2) is 72.3 Å². The minimum atomic E-state index is -4.46. The van der Waals surface area contributed by atoms with Gasteiger partial charge in [0.2, 0.25) is 0 Å². The second-order valence-corrected chi connectivity index (χ2v) is 10.4. The second-order valence-electron chi connectivity index (χ2n) is 10.4. The minimum absolute atomic E-state index is 0.0333. The maximum Gasteiger partial charge on any atom is 0.394 e. The molecule has 0 bridgehead atoms. The smallest absolute Gasteiger partial charge is 0.376 e. The topological polar surface area (TPSA) is 73.7 Å². The summed E-state index contributed by atoms with van der Waals surface area (Å²) in [5.74, 6) is 5.95. The number of hydrogen-bond acceptors (Lipinski definition) is 5. The number of imidazole rings is 1. The number of carbonyl (C=O) groups is 1. The number of nitrogens with one attached hydrogen (secondary N) is 3. The lowest BCUT2D eigenvalue weighted by Crippen LogP contribution is -2.46. The molecule has 1 aromatic carbocycles. The van der Waals surface area contributed by atoms with Gasteiger partial charge in [0.1, 0.15) is 11.9 Å². The van der Waals surface area contributed by atoms with Gasteiger partial charge in [0.05, 0.1) is 30.4 Å². The molecule has 11 heteroatoms. The number of amides is 1. The van der Waals surface area contributed by atoms with E-state index in [9.17, 15) is 22.4 Å². The normalized spacial score (nSPS) is 19.6. The number of piperidine rings is 1. The van der Waals surface area contributed by atoms with Crippen molar-refractivity contribution in [2.45, 2.75) is 50.0 Å². The van der Waals surface area contributed by atoms with Crippen LogP contribution in [0.4, 0.5) is 28.9 Å². The molecular formula is C29H32F4N6O. The molecule has 2 aliphatic rings. The molecule has 0 radical (unpaired) electrons. The molecule has 1 saturated carbocycles. The van der Waals surface area contributed by atoms with Crippen molar-refractivity contribution in [3.05, 3.63) is 59.0 Å². The van der Waals surface area contributed by atoms with Crippen molar-refractivity contribution in [3.8, 4) is 11.8 Å². The summed E-state index contributed by atoms with van der Waals surface area (Å²) in [6, 6.07) is 8.30. The van der Waals surface area contributed by atoms with E-state index in [-0.39, 0.29) is 36.0 Å². The molecule has 3 heterocycles. The summed E-state index contributed by atoms with van der Waals surface area (Å²) in [5, 5.41) is 9.04. The highest BCUT2D eigenvalue weighted by Crippen LogP contribution is 2.43. The van der Waals surface area contributed by atoms with E-state index in [0.717, 1.165) is 30.6 Å². The van der Waals surface area contributed by atoms with Crippen LogP contribution in [-0.2, 0) is 6.42 Å². The quantitative estimate of drug-likeness (QED) is 0.293. The molecule has 2 atom stereocenters. The number of rotatable bonds is 7. The van der Waals surface area contributed by atoms with E-state index in [0.29, 0.717) is 23.6 Å². The number of benzene rings is 1. The molecule has 3 aromatic rings. The van der Waals surface area contributed by atoms with Crippen molar-refractivity contribution < 1.29 is 22.4 Å². The molecule has 40 heavy (non-hydrogen) atoms. The Kier molecular flexibility index (Phi) is 7.90. The van der Waals surface area contributed by atoms with Crippen LogP contribution in [0, 0.1) is 11.8 Å². The highest BCUT2D eigenvalue weighted by atomic mass is 19.4. The molecule has 0 unspecified atom stereocenters. The fourth-order valence-corrected chi connectivity index (χ4v) is 5.12. The lowest BCUT2D eigenvalue weighted by molar-refractivity contribution is -0.128. The first-order valence-electron chi connectivity index (χ1n) is 13.4. The number of aromatic nitrogens is 2. The van der Waals surface area contributed by atoms with Crippen molar-refractivity contribution >= 4 is 22.9 Å². The SMILES string of the molecule is CNC(=O)c1ccc(NCC#Cc2nc3c(N[C@@H]4CCN(C)C[C@@H]4F)cccn3c2CC(F)(F)F)c(C2CC2)c1. The van der Waals surface area contributed by atoms with E-state index in [1.807, 2.05) is 24.1 Å². The van der Waals surface area contributed by atoms with Crippen LogP contribution >= 0.6 is 0 Å². The average molecular weight is 557 g/mol. The fraction of sp³-hybridized carbons (Fsp3) is 0.448. The molecular weight excluding hydrogens is 524 g/mol. The number of fused-ring (bicyclic) bond motifs is 1. The molecule has 0 spiro atoms. The minimum Gasteiger partial charge on any atom is -0.376 e. The van der Waals surface area contributed by atoms with Crippen LogP contribution < -0.4 is 16.0 Å². The van der Waals surface area contributed by atoms with Crippen molar-refractivity contribution in [2.75, 3.05) is 44.4 Å². The number of nitrogens with zero attached hydrogens (tertiary/aromatic N) is 3. The summed E-state index contributed by atoms with van der Waals surface area (Å²) in [6.07, 6.45) is -2.59. The monoisotopic (exact) mass is 556 g/mol. The lowest BCUT2D eigenvalue weighted by atomic mass is 10.0. The maximum absolute atomic E-state index is 14.7. The molecule has 3 N–H and O–H groups in total. The lowest BCUT2D eigenvalue weighted by Gasteiger charge is -2.33. The summed E-state index contributed by atoms with van der Waals surface area (Å²) >= 11 is 0. The molecule has 1 aliphatic heterocycles. The first kappa shape index (κ1) is 27.8. The van der Waals surface area contributed by atoms with E-state index < -0.39 is 24.8 Å². The zero-order valence-electron chi connectivity index (χ0n) is 22.4. The fourth-order valence-electron chi connectivity index (χ4n) is 5.12. The Balaban J connectivity index is 1.39. The zero-order valence-corrected chi connectivity index (χ0v) is 22.4. The number of pyridine rings is 1. The van der Waals surface area contributed by atoms with Crippen LogP contribution in [0.15, 0.2) is 36.5 Å². The first-order valence-corrected chi connectivity index (χ1v) is 13.4. The van der Waals surface area contributed by atoms with Crippen LogP contribution in [0.5, 0.6) is 0 Å². The van der Waals surface area contributed by atoms with Gasteiger partial charge in [0.25, 0.3) is 5.91 Å². The number of anilines is 2. The van der Waals surface area contributed by atoms with Crippen molar-refractivity contribution in [1.82, 2.24) is 19.6 Å². The summed E-state index contributed by atoms with van der Waals surface area (Å²) in [4.78, 5) is 18.4. The first-order chi connectivity index (χ1) is 19.1. The molecule has 5 rings (SSSR count). The Hall–Kier alpha value is -3.78. The van der Waals surface area contributed by atoms with Crippen molar-refractivity contribution in [3.63, 3.8) is 0 Å². The van der Waals surface area contributed by atoms with Crippen LogP contribution in [0.1, 0.15) is 52.5 Å². The van der Waals surface area contributed by atoms with Gasteiger partial charge in [0, 0.05) is 37.6 Å². The average Bonchev–Trinajstić information content (AvgIpc) is 3.70. The molecule has 2 fully saturated rings. The summed E-state index contributed by atoms with van der Waals surface area (Å²) in [7, 11) is 3.44. The zero-order chi connectivity index (χ0) is 28.4. The molecule has 212 valence electrons. The van der Waals surface area contributed by atoms with Gasteiger partial charge < -0.3 is 25.3 Å². The van der Waals surface area contributed by atoms with Crippen molar-refractivity contribution in [1.29, 1.82) is 0 Å². The van der Waals surface area contributed by atoms with E-state index >= 15 is 0 Å². The Morgan fingerprint density at radius 3 is 2.67 bits per heavy atom. The number of hydrogen-bond donors (Lipinski definition) is 3. The third kappa shape index (κ3) is 6.33. The number of likely N-dealkylation sites (tertiary alicyclic amines) is 1. The van der Waals surface area contributed by atoms with E-state index in [2.05, 4.69) is 32.8 Å². The van der Waals surface area contributed by atoms with E-state index in [4.69, 9.17) is 0 Å².